The summed E-state index contributed by atoms with van der Waals surface area (Å²) in [6.45, 7) is 1.21. The highest BCUT2D eigenvalue weighted by Crippen LogP contribution is 2.26. The number of aromatic amines is 1. The normalized spacial score (nSPS) is 11.0. The number of hydrogen-bond acceptors (Lipinski definition) is 4. The van der Waals surface area contributed by atoms with Gasteiger partial charge in [0, 0.05) is 35.0 Å². The van der Waals surface area contributed by atoms with E-state index < -0.39 is 5.97 Å². The Kier molecular flexibility index (Phi) is 4.13. The first kappa shape index (κ1) is 14.6. The number of hydrogen-bond donors (Lipinski definition) is 3. The van der Waals surface area contributed by atoms with Gasteiger partial charge >= 0.3 is 5.97 Å². The minimum absolute atomic E-state index is 0.224. The maximum absolute atomic E-state index is 11.4. The molecule has 3 N–H and O–H groups in total. The van der Waals surface area contributed by atoms with Crippen molar-refractivity contribution in [2.45, 2.75) is 13.1 Å². The van der Waals surface area contributed by atoms with Crippen LogP contribution in [0.3, 0.4) is 0 Å². The molecule has 2 heterocycles. The second kappa shape index (κ2) is 6.21. The first-order valence-electron chi connectivity index (χ1n) is 6.84. The lowest BCUT2D eigenvalue weighted by Gasteiger charge is -2.04. The largest absolute Gasteiger partial charge is 0.497 e. The zero-order valence-corrected chi connectivity index (χ0v) is 12.9. The van der Waals surface area contributed by atoms with Gasteiger partial charge in [0.25, 0.3) is 0 Å². The molecule has 0 atom stereocenters. The van der Waals surface area contributed by atoms with Crippen LogP contribution in [0.1, 0.15) is 20.9 Å². The fraction of sp³-hybridized carbons (Fsp3) is 0.188. The van der Waals surface area contributed by atoms with Gasteiger partial charge in [-0.1, -0.05) is 6.07 Å². The molecule has 0 aliphatic rings. The fourth-order valence-electron chi connectivity index (χ4n) is 2.45. The Morgan fingerprint density at radius 2 is 2.23 bits per heavy atom. The molecule has 0 fully saturated rings. The van der Waals surface area contributed by atoms with E-state index in [0.717, 1.165) is 23.0 Å². The standard InChI is InChI=1S/C16H16N2O3S/c1-21-10-4-5-12-13(9-17-8-11-3-2-6-22-11)15(16(19)20)18-14(12)7-10/h2-7,17-18H,8-9H2,1H3,(H,19,20). The van der Waals surface area contributed by atoms with E-state index in [0.29, 0.717) is 12.3 Å². The van der Waals surface area contributed by atoms with Gasteiger partial charge in [0.1, 0.15) is 11.4 Å². The Balaban J connectivity index is 1.88. The van der Waals surface area contributed by atoms with E-state index >= 15 is 0 Å². The van der Waals surface area contributed by atoms with E-state index in [4.69, 9.17) is 4.74 Å². The van der Waals surface area contributed by atoms with Gasteiger partial charge in [-0.25, -0.2) is 4.79 Å². The molecule has 0 bridgehead atoms. The minimum Gasteiger partial charge on any atom is -0.497 e. The predicted molar refractivity (Wildman–Crippen MR) is 86.7 cm³/mol. The Bertz CT molecular complexity index is 793. The first-order chi connectivity index (χ1) is 10.7. The van der Waals surface area contributed by atoms with Crippen LogP contribution in [-0.2, 0) is 13.1 Å². The molecule has 114 valence electrons. The molecule has 2 aromatic heterocycles. The number of carbonyl (C=O) groups is 1. The molecule has 0 amide bonds. The van der Waals surface area contributed by atoms with Crippen LogP contribution in [0, 0.1) is 0 Å². The molecular formula is C16H16N2O3S. The van der Waals surface area contributed by atoms with Crippen molar-refractivity contribution in [2.24, 2.45) is 0 Å². The van der Waals surface area contributed by atoms with Crippen LogP contribution in [-0.4, -0.2) is 23.2 Å². The number of carboxylic acids is 1. The molecule has 5 nitrogen and oxygen atoms in total. The zero-order chi connectivity index (χ0) is 15.5. The van der Waals surface area contributed by atoms with Crippen LogP contribution in [0.2, 0.25) is 0 Å². The molecule has 0 spiro atoms. The fourth-order valence-corrected chi connectivity index (χ4v) is 3.13. The summed E-state index contributed by atoms with van der Waals surface area (Å²) in [5, 5.41) is 15.6. The molecule has 1 aromatic carbocycles. The summed E-state index contributed by atoms with van der Waals surface area (Å²) in [5.41, 5.74) is 1.76. The predicted octanol–water partition coefficient (Wildman–Crippen LogP) is 3.23. The number of fused-ring (bicyclic) bond motifs is 1. The number of aromatic carboxylic acids is 1. The van der Waals surface area contributed by atoms with Crippen LogP contribution in [0.5, 0.6) is 5.75 Å². The van der Waals surface area contributed by atoms with Crippen LogP contribution in [0.15, 0.2) is 35.7 Å². The molecule has 3 aromatic rings. The third-order valence-corrected chi connectivity index (χ3v) is 4.38. The SMILES string of the molecule is COc1ccc2c(CNCc3cccs3)c(C(=O)O)[nH]c2c1. The number of H-pyrrole nitrogens is 1. The van der Waals surface area contributed by atoms with Gasteiger partial charge in [0.15, 0.2) is 0 Å². The molecule has 0 saturated carbocycles. The average molecular weight is 316 g/mol. The lowest BCUT2D eigenvalue weighted by atomic mass is 10.1. The van der Waals surface area contributed by atoms with Gasteiger partial charge in [0.05, 0.1) is 12.6 Å². The Morgan fingerprint density at radius 1 is 1.36 bits per heavy atom. The van der Waals surface area contributed by atoms with Gasteiger partial charge in [0.2, 0.25) is 0 Å². The molecule has 22 heavy (non-hydrogen) atoms. The molecule has 3 rings (SSSR count). The Labute approximate surface area is 131 Å². The summed E-state index contributed by atoms with van der Waals surface area (Å²) in [6, 6.07) is 9.59. The van der Waals surface area contributed by atoms with Crippen molar-refractivity contribution in [3.63, 3.8) is 0 Å². The topological polar surface area (TPSA) is 74.3 Å². The lowest BCUT2D eigenvalue weighted by Crippen LogP contribution is -2.14. The smallest absolute Gasteiger partial charge is 0.352 e. The van der Waals surface area contributed by atoms with Crippen LogP contribution < -0.4 is 10.1 Å². The maximum Gasteiger partial charge on any atom is 0.352 e. The number of methoxy groups -OCH3 is 1. The maximum atomic E-state index is 11.4. The number of aromatic nitrogens is 1. The highest BCUT2D eigenvalue weighted by atomic mass is 32.1. The van der Waals surface area contributed by atoms with Crippen molar-refractivity contribution >= 4 is 28.2 Å². The summed E-state index contributed by atoms with van der Waals surface area (Å²) in [4.78, 5) is 15.6. The summed E-state index contributed by atoms with van der Waals surface area (Å²) in [6.07, 6.45) is 0. The molecule has 0 saturated heterocycles. The second-order valence-corrected chi connectivity index (χ2v) is 5.91. The third kappa shape index (κ3) is 2.84. The average Bonchev–Trinajstić information content (AvgIpc) is 3.14. The zero-order valence-electron chi connectivity index (χ0n) is 12.1. The quantitative estimate of drug-likeness (QED) is 0.653. The minimum atomic E-state index is -0.955. The number of rotatable bonds is 6. The van der Waals surface area contributed by atoms with Gasteiger partial charge in [-0.3, -0.25) is 0 Å². The molecular weight excluding hydrogens is 300 g/mol. The number of nitrogens with one attached hydrogen (secondary N) is 2. The van der Waals surface area contributed by atoms with Gasteiger partial charge < -0.3 is 20.1 Å². The van der Waals surface area contributed by atoms with E-state index in [-0.39, 0.29) is 5.69 Å². The first-order valence-corrected chi connectivity index (χ1v) is 7.72. The number of thiophene rings is 1. The monoisotopic (exact) mass is 316 g/mol. The van der Waals surface area contributed by atoms with Gasteiger partial charge in [-0.05, 0) is 23.6 Å². The summed E-state index contributed by atoms with van der Waals surface area (Å²) >= 11 is 1.68. The second-order valence-electron chi connectivity index (χ2n) is 4.88. The van der Waals surface area contributed by atoms with E-state index in [1.54, 1.807) is 18.4 Å². The molecule has 0 aliphatic heterocycles. The number of ether oxygens (including phenoxy) is 1. The number of benzene rings is 1. The highest BCUT2D eigenvalue weighted by Gasteiger charge is 2.17. The molecule has 0 radical (unpaired) electrons. The van der Waals surface area contributed by atoms with E-state index in [2.05, 4.69) is 16.4 Å². The summed E-state index contributed by atoms with van der Waals surface area (Å²) in [7, 11) is 1.59. The number of carboxylic acid groups (broad SMARTS) is 1. The van der Waals surface area contributed by atoms with Gasteiger partial charge in [-0.2, -0.15) is 0 Å². The summed E-state index contributed by atoms with van der Waals surface area (Å²) < 4.78 is 5.18. The van der Waals surface area contributed by atoms with Crippen molar-refractivity contribution in [2.75, 3.05) is 7.11 Å². The van der Waals surface area contributed by atoms with Crippen LogP contribution in [0.4, 0.5) is 0 Å². The molecule has 6 heteroatoms. The van der Waals surface area contributed by atoms with Crippen molar-refractivity contribution in [3.8, 4) is 5.75 Å². The Morgan fingerprint density at radius 3 is 2.91 bits per heavy atom. The molecule has 0 aliphatic carbocycles. The van der Waals surface area contributed by atoms with Crippen molar-refractivity contribution in [3.05, 3.63) is 51.8 Å². The lowest BCUT2D eigenvalue weighted by molar-refractivity contribution is 0.0690. The third-order valence-electron chi connectivity index (χ3n) is 3.51. The Hall–Kier alpha value is -2.31. The summed E-state index contributed by atoms with van der Waals surface area (Å²) in [5.74, 6) is -0.258. The van der Waals surface area contributed by atoms with E-state index in [1.165, 1.54) is 4.88 Å². The van der Waals surface area contributed by atoms with Crippen molar-refractivity contribution in [1.82, 2.24) is 10.3 Å². The van der Waals surface area contributed by atoms with E-state index in [1.807, 2.05) is 29.6 Å². The van der Waals surface area contributed by atoms with Crippen molar-refractivity contribution < 1.29 is 14.6 Å². The van der Waals surface area contributed by atoms with Crippen LogP contribution in [0.25, 0.3) is 10.9 Å². The molecule has 0 unspecified atom stereocenters. The van der Waals surface area contributed by atoms with Gasteiger partial charge in [-0.15, -0.1) is 11.3 Å². The van der Waals surface area contributed by atoms with E-state index in [9.17, 15) is 9.90 Å². The van der Waals surface area contributed by atoms with Crippen molar-refractivity contribution in [1.29, 1.82) is 0 Å². The highest BCUT2D eigenvalue weighted by molar-refractivity contribution is 7.09. The van der Waals surface area contributed by atoms with Crippen LogP contribution >= 0.6 is 11.3 Å².